The van der Waals surface area contributed by atoms with Gasteiger partial charge in [0.25, 0.3) is 0 Å². The zero-order chi connectivity index (χ0) is 19.6. The first kappa shape index (κ1) is 22.4. The smallest absolute Gasteiger partial charge is 0.338 e. The van der Waals surface area contributed by atoms with E-state index in [1.165, 1.54) is 17.5 Å². The number of methoxy groups -OCH3 is 1. The number of carbonyl (C=O) groups is 1. The maximum atomic E-state index is 13.3. The number of esters is 1. The first-order chi connectivity index (χ1) is 12.9. The monoisotopic (exact) mass is 424 g/mol. The normalized spacial score (nSPS) is 19.8. The highest BCUT2D eigenvalue weighted by molar-refractivity contribution is 7.89. The third kappa shape index (κ3) is 4.07. The molecule has 6 nitrogen and oxygen atoms in total. The van der Waals surface area contributed by atoms with Gasteiger partial charge in [-0.25, -0.2) is 13.2 Å². The molecule has 0 aliphatic carbocycles. The summed E-state index contributed by atoms with van der Waals surface area (Å²) in [6.45, 7) is 2.77. The lowest BCUT2D eigenvalue weighted by molar-refractivity contribution is 0.0599. The molecule has 1 aliphatic rings. The van der Waals surface area contributed by atoms with Gasteiger partial charge in [-0.1, -0.05) is 36.4 Å². The minimum absolute atomic E-state index is 0. The highest BCUT2D eigenvalue weighted by Crippen LogP contribution is 2.36. The maximum absolute atomic E-state index is 13.3. The third-order valence-corrected chi connectivity index (χ3v) is 7.22. The number of sulfonamides is 1. The van der Waals surface area contributed by atoms with Gasteiger partial charge >= 0.3 is 5.97 Å². The van der Waals surface area contributed by atoms with Crippen LogP contribution >= 0.6 is 12.4 Å². The molecule has 1 saturated heterocycles. The Morgan fingerprint density at radius 1 is 1.14 bits per heavy atom. The average molecular weight is 425 g/mol. The van der Waals surface area contributed by atoms with E-state index in [1.807, 2.05) is 30.3 Å². The van der Waals surface area contributed by atoms with Gasteiger partial charge in [0.1, 0.15) is 0 Å². The summed E-state index contributed by atoms with van der Waals surface area (Å²) in [6.07, 6.45) is 0. The summed E-state index contributed by atoms with van der Waals surface area (Å²) >= 11 is 0. The SMILES string of the molecule is COC(=O)c1cccc(S(=O)(=O)N2C[C@@H](CN)[C@H](c3ccccc3)C2)c1C.Cl. The quantitative estimate of drug-likeness (QED) is 0.745. The van der Waals surface area contributed by atoms with Crippen LogP contribution in [0.15, 0.2) is 53.4 Å². The summed E-state index contributed by atoms with van der Waals surface area (Å²) in [6, 6.07) is 14.5. The molecule has 0 amide bonds. The van der Waals surface area contributed by atoms with E-state index in [2.05, 4.69) is 0 Å². The van der Waals surface area contributed by atoms with Gasteiger partial charge in [-0.3, -0.25) is 0 Å². The topological polar surface area (TPSA) is 89.7 Å². The highest BCUT2D eigenvalue weighted by atomic mass is 35.5. The summed E-state index contributed by atoms with van der Waals surface area (Å²) in [5.41, 5.74) is 7.68. The summed E-state index contributed by atoms with van der Waals surface area (Å²) in [5, 5.41) is 0. The highest BCUT2D eigenvalue weighted by Gasteiger charge is 2.40. The van der Waals surface area contributed by atoms with Crippen molar-refractivity contribution in [3.8, 4) is 0 Å². The fraction of sp³-hybridized carbons (Fsp3) is 0.350. The van der Waals surface area contributed by atoms with Crippen LogP contribution in [0.4, 0.5) is 0 Å². The van der Waals surface area contributed by atoms with Gasteiger partial charge in [0.15, 0.2) is 0 Å². The minimum Gasteiger partial charge on any atom is -0.465 e. The average Bonchev–Trinajstić information content (AvgIpc) is 3.13. The van der Waals surface area contributed by atoms with Crippen molar-refractivity contribution in [2.75, 3.05) is 26.7 Å². The molecule has 2 aromatic carbocycles. The van der Waals surface area contributed by atoms with Crippen LogP contribution in [0.3, 0.4) is 0 Å². The number of rotatable bonds is 5. The number of hydrogen-bond donors (Lipinski definition) is 1. The maximum Gasteiger partial charge on any atom is 0.338 e. The molecule has 0 spiro atoms. The van der Waals surface area contributed by atoms with Crippen LogP contribution in [0, 0.1) is 12.8 Å². The van der Waals surface area contributed by atoms with Crippen LogP contribution in [0.2, 0.25) is 0 Å². The van der Waals surface area contributed by atoms with Crippen molar-refractivity contribution < 1.29 is 17.9 Å². The second-order valence-electron chi connectivity index (χ2n) is 6.76. The van der Waals surface area contributed by atoms with Crippen LogP contribution < -0.4 is 5.73 Å². The molecule has 2 N–H and O–H groups in total. The standard InChI is InChI=1S/C20H24N2O4S.ClH/c1-14-17(20(23)26-2)9-6-10-19(14)27(24,25)22-12-16(11-21)18(13-22)15-7-4-3-5-8-15;/h3-10,16,18H,11-13,21H2,1-2H3;1H/t16-,18+;/m1./s1. The van der Waals surface area contributed by atoms with E-state index in [4.69, 9.17) is 10.5 Å². The van der Waals surface area contributed by atoms with Crippen molar-refractivity contribution in [3.63, 3.8) is 0 Å². The van der Waals surface area contributed by atoms with Gasteiger partial charge in [0.05, 0.1) is 17.6 Å². The number of halogens is 1. The van der Waals surface area contributed by atoms with E-state index >= 15 is 0 Å². The fourth-order valence-corrected chi connectivity index (χ4v) is 5.48. The van der Waals surface area contributed by atoms with Crippen molar-refractivity contribution in [1.29, 1.82) is 0 Å². The first-order valence-corrected chi connectivity index (χ1v) is 10.3. The minimum atomic E-state index is -3.75. The second-order valence-corrected chi connectivity index (χ2v) is 8.66. The molecule has 2 atom stereocenters. The number of nitrogens with zero attached hydrogens (tertiary/aromatic N) is 1. The molecular weight excluding hydrogens is 400 g/mol. The molecule has 0 unspecified atom stereocenters. The lowest BCUT2D eigenvalue weighted by Gasteiger charge is -2.19. The largest absolute Gasteiger partial charge is 0.465 e. The Kier molecular flexibility index (Phi) is 7.22. The van der Waals surface area contributed by atoms with Crippen LogP contribution in [-0.4, -0.2) is 45.4 Å². The molecule has 1 heterocycles. The van der Waals surface area contributed by atoms with E-state index in [0.29, 0.717) is 25.2 Å². The van der Waals surface area contributed by atoms with Crippen molar-refractivity contribution in [2.24, 2.45) is 11.7 Å². The summed E-state index contributed by atoms with van der Waals surface area (Å²) in [5.74, 6) is -0.450. The lowest BCUT2D eigenvalue weighted by Crippen LogP contribution is -2.30. The number of ether oxygens (including phenoxy) is 1. The number of nitrogens with two attached hydrogens (primary N) is 1. The van der Waals surface area contributed by atoms with Crippen LogP contribution in [0.5, 0.6) is 0 Å². The Bertz CT molecular complexity index is 934. The fourth-order valence-electron chi connectivity index (χ4n) is 3.71. The molecule has 0 saturated carbocycles. The summed E-state index contributed by atoms with van der Waals surface area (Å²) in [4.78, 5) is 12.1. The molecule has 0 radical (unpaired) electrons. The van der Waals surface area contributed by atoms with Gasteiger partial charge in [-0.15, -0.1) is 12.4 Å². The number of benzene rings is 2. The molecule has 0 aromatic heterocycles. The van der Waals surface area contributed by atoms with Gasteiger partial charge in [0, 0.05) is 19.0 Å². The Morgan fingerprint density at radius 3 is 2.43 bits per heavy atom. The van der Waals surface area contributed by atoms with Crippen LogP contribution in [0.25, 0.3) is 0 Å². The Morgan fingerprint density at radius 2 is 1.82 bits per heavy atom. The van der Waals surface area contributed by atoms with E-state index in [0.717, 1.165) is 5.56 Å². The molecule has 3 rings (SSSR count). The molecule has 1 aliphatic heterocycles. The van der Waals surface area contributed by atoms with Gasteiger partial charge in [-0.05, 0) is 42.6 Å². The Labute approximate surface area is 172 Å². The molecule has 152 valence electrons. The van der Waals surface area contributed by atoms with E-state index in [-0.39, 0.29) is 34.7 Å². The van der Waals surface area contributed by atoms with Crippen molar-refractivity contribution in [2.45, 2.75) is 17.7 Å². The van der Waals surface area contributed by atoms with E-state index in [9.17, 15) is 13.2 Å². The van der Waals surface area contributed by atoms with Gasteiger partial charge in [-0.2, -0.15) is 4.31 Å². The zero-order valence-corrected chi connectivity index (χ0v) is 17.5. The molecule has 0 bridgehead atoms. The lowest BCUT2D eigenvalue weighted by atomic mass is 9.89. The zero-order valence-electron chi connectivity index (χ0n) is 15.9. The summed E-state index contributed by atoms with van der Waals surface area (Å²) < 4.78 is 32.8. The van der Waals surface area contributed by atoms with Crippen molar-refractivity contribution in [1.82, 2.24) is 4.31 Å². The second kappa shape index (κ2) is 9.05. The first-order valence-electron chi connectivity index (χ1n) is 8.83. The van der Waals surface area contributed by atoms with E-state index in [1.54, 1.807) is 19.1 Å². The Hall–Kier alpha value is -1.93. The number of carbonyl (C=O) groups excluding carboxylic acids is 1. The molecule has 2 aromatic rings. The van der Waals surface area contributed by atoms with E-state index < -0.39 is 16.0 Å². The number of hydrogen-bond acceptors (Lipinski definition) is 5. The van der Waals surface area contributed by atoms with Crippen molar-refractivity contribution >= 4 is 28.4 Å². The van der Waals surface area contributed by atoms with Crippen molar-refractivity contribution in [3.05, 3.63) is 65.2 Å². The van der Waals surface area contributed by atoms with Crippen LogP contribution in [0.1, 0.15) is 27.4 Å². The van der Waals surface area contributed by atoms with Crippen LogP contribution in [-0.2, 0) is 14.8 Å². The molecular formula is C20H25ClN2O4S. The third-order valence-electron chi connectivity index (χ3n) is 5.25. The molecule has 28 heavy (non-hydrogen) atoms. The predicted octanol–water partition coefficient (Wildman–Crippen LogP) is 2.57. The molecule has 1 fully saturated rings. The molecule has 8 heteroatoms. The summed E-state index contributed by atoms with van der Waals surface area (Å²) in [7, 11) is -2.47. The van der Waals surface area contributed by atoms with Gasteiger partial charge in [0.2, 0.25) is 10.0 Å². The Balaban J connectivity index is 0.00000280. The van der Waals surface area contributed by atoms with Gasteiger partial charge < -0.3 is 10.5 Å². The predicted molar refractivity (Wildman–Crippen MR) is 110 cm³/mol.